The molecule has 3 aromatic rings. The predicted molar refractivity (Wildman–Crippen MR) is 156 cm³/mol. The Morgan fingerprint density at radius 3 is 2.33 bits per heavy atom. The van der Waals surface area contributed by atoms with E-state index in [1.165, 1.54) is 12.7 Å². The number of nitrogens with two attached hydrogens (primary N) is 1. The average molecular weight is 572 g/mol. The second kappa shape index (κ2) is 15.0. The Hall–Kier alpha value is -3.75. The van der Waals surface area contributed by atoms with E-state index in [4.69, 9.17) is 33.7 Å². The minimum absolute atomic E-state index is 0.0708. The Kier molecular flexibility index (Phi) is 11.5. The number of nitrogen functional groups attached to an aromatic ring is 1. The SMILES string of the molecule is COC=O.Nc1ccc2c(c1)N(CCC(=O)NCCNC(=O)c1c(Cl)cc(-c3ccccc3)cc1Cl)CCC2. The number of hydrogen-bond acceptors (Lipinski definition) is 6. The molecule has 206 valence electrons. The molecule has 1 aliphatic heterocycles. The third-order valence-corrected chi connectivity index (χ3v) is 6.73. The summed E-state index contributed by atoms with van der Waals surface area (Å²) >= 11 is 12.8. The van der Waals surface area contributed by atoms with Gasteiger partial charge < -0.3 is 26.0 Å². The number of benzene rings is 3. The molecule has 1 heterocycles. The number of hydrogen-bond donors (Lipinski definition) is 3. The van der Waals surface area contributed by atoms with Gasteiger partial charge in [0.2, 0.25) is 5.91 Å². The van der Waals surface area contributed by atoms with Gasteiger partial charge in [-0.15, -0.1) is 0 Å². The molecule has 0 fully saturated rings. The highest BCUT2D eigenvalue weighted by atomic mass is 35.5. The van der Waals surface area contributed by atoms with Gasteiger partial charge in [-0.05, 0) is 53.8 Å². The number of carbonyl (C=O) groups is 3. The summed E-state index contributed by atoms with van der Waals surface area (Å²) in [5, 5.41) is 6.18. The molecule has 4 N–H and O–H groups in total. The summed E-state index contributed by atoms with van der Waals surface area (Å²) in [7, 11) is 1.31. The van der Waals surface area contributed by atoms with E-state index < -0.39 is 0 Å². The summed E-state index contributed by atoms with van der Waals surface area (Å²) in [6.07, 6.45) is 2.45. The maximum absolute atomic E-state index is 12.6. The molecular formula is C29H32Cl2N4O4. The number of nitrogens with one attached hydrogen (secondary N) is 2. The van der Waals surface area contributed by atoms with Crippen LogP contribution in [-0.2, 0) is 20.7 Å². The number of nitrogens with zero attached hydrogens (tertiary/aromatic N) is 1. The first-order valence-electron chi connectivity index (χ1n) is 12.5. The fourth-order valence-electron chi connectivity index (χ4n) is 4.28. The summed E-state index contributed by atoms with van der Waals surface area (Å²) in [6, 6.07) is 19.1. The highest BCUT2D eigenvalue weighted by molar-refractivity contribution is 6.40. The third-order valence-electron chi connectivity index (χ3n) is 6.14. The van der Waals surface area contributed by atoms with E-state index in [0.717, 1.165) is 41.9 Å². The molecule has 0 unspecified atom stereocenters. The van der Waals surface area contributed by atoms with E-state index in [0.29, 0.717) is 26.0 Å². The molecule has 10 heteroatoms. The Labute approximate surface area is 238 Å². The van der Waals surface area contributed by atoms with Gasteiger partial charge in [-0.3, -0.25) is 14.4 Å². The van der Waals surface area contributed by atoms with Gasteiger partial charge in [0.05, 0.1) is 22.7 Å². The van der Waals surface area contributed by atoms with Crippen molar-refractivity contribution in [3.63, 3.8) is 0 Å². The summed E-state index contributed by atoms with van der Waals surface area (Å²) < 4.78 is 3.86. The van der Waals surface area contributed by atoms with Gasteiger partial charge in [-0.2, -0.15) is 0 Å². The van der Waals surface area contributed by atoms with Crippen molar-refractivity contribution in [3.05, 3.63) is 81.8 Å². The number of aryl methyl sites for hydroxylation is 1. The number of anilines is 2. The van der Waals surface area contributed by atoms with Crippen molar-refractivity contribution in [3.8, 4) is 11.1 Å². The first-order valence-corrected chi connectivity index (χ1v) is 13.3. The number of rotatable bonds is 9. The van der Waals surface area contributed by atoms with Crippen LogP contribution >= 0.6 is 23.2 Å². The van der Waals surface area contributed by atoms with Crippen LogP contribution in [-0.4, -0.2) is 51.6 Å². The monoisotopic (exact) mass is 570 g/mol. The van der Waals surface area contributed by atoms with Crippen LogP contribution in [0.5, 0.6) is 0 Å². The number of amides is 2. The fraction of sp³-hybridized carbons (Fsp3) is 0.276. The molecule has 0 bridgehead atoms. The van der Waals surface area contributed by atoms with Crippen LogP contribution in [0.3, 0.4) is 0 Å². The van der Waals surface area contributed by atoms with Crippen LogP contribution < -0.4 is 21.3 Å². The highest BCUT2D eigenvalue weighted by Gasteiger charge is 2.19. The molecule has 39 heavy (non-hydrogen) atoms. The lowest BCUT2D eigenvalue weighted by atomic mass is 10.0. The molecule has 2 amide bonds. The van der Waals surface area contributed by atoms with Gasteiger partial charge >= 0.3 is 0 Å². The zero-order chi connectivity index (χ0) is 28.2. The van der Waals surface area contributed by atoms with Gasteiger partial charge in [0.15, 0.2) is 0 Å². The molecular weight excluding hydrogens is 539 g/mol. The smallest absolute Gasteiger partial charge is 0.292 e. The van der Waals surface area contributed by atoms with Gasteiger partial charge in [0.1, 0.15) is 0 Å². The summed E-state index contributed by atoms with van der Waals surface area (Å²) in [5.41, 5.74) is 11.1. The van der Waals surface area contributed by atoms with Crippen molar-refractivity contribution in [2.45, 2.75) is 19.3 Å². The van der Waals surface area contributed by atoms with Gasteiger partial charge in [0, 0.05) is 44.0 Å². The van der Waals surface area contributed by atoms with Crippen LogP contribution in [0.15, 0.2) is 60.7 Å². The fourth-order valence-corrected chi connectivity index (χ4v) is 4.94. The molecule has 3 aromatic carbocycles. The summed E-state index contributed by atoms with van der Waals surface area (Å²) in [5.74, 6) is -0.449. The quantitative estimate of drug-likeness (QED) is 0.195. The number of halogens is 2. The van der Waals surface area contributed by atoms with E-state index in [-0.39, 0.29) is 34.0 Å². The van der Waals surface area contributed by atoms with Gasteiger partial charge in [-0.25, -0.2) is 0 Å². The topological polar surface area (TPSA) is 114 Å². The van der Waals surface area contributed by atoms with Crippen LogP contribution in [0.2, 0.25) is 10.0 Å². The zero-order valence-electron chi connectivity index (χ0n) is 21.7. The summed E-state index contributed by atoms with van der Waals surface area (Å²) in [4.78, 5) is 36.1. The molecule has 8 nitrogen and oxygen atoms in total. The lowest BCUT2D eigenvalue weighted by Crippen LogP contribution is -2.37. The first kappa shape index (κ1) is 29.8. The Morgan fingerprint density at radius 1 is 1.00 bits per heavy atom. The van der Waals surface area contributed by atoms with E-state index in [9.17, 15) is 9.59 Å². The van der Waals surface area contributed by atoms with Crippen molar-refractivity contribution in [1.29, 1.82) is 0 Å². The molecule has 1 aliphatic rings. The van der Waals surface area contributed by atoms with Gasteiger partial charge in [-0.1, -0.05) is 59.6 Å². The Morgan fingerprint density at radius 2 is 1.67 bits per heavy atom. The van der Waals surface area contributed by atoms with Crippen LogP contribution in [0.1, 0.15) is 28.8 Å². The normalized spacial score (nSPS) is 11.9. The average Bonchev–Trinajstić information content (AvgIpc) is 2.94. The lowest BCUT2D eigenvalue weighted by molar-refractivity contribution is -0.126. The highest BCUT2D eigenvalue weighted by Crippen LogP contribution is 2.32. The minimum atomic E-state index is -0.378. The standard InChI is InChI=1S/C27H28Cl2N4O2.C2H4O2/c28-22-15-20(18-5-2-1-3-6-18)16-23(29)26(22)27(35)32-12-11-31-25(34)10-14-33-13-4-7-19-8-9-21(30)17-24(19)33;1-4-2-3/h1-3,5-6,8-9,15-17H,4,7,10-14,30H2,(H,31,34)(H,32,35);2H,1H3. The van der Waals surface area contributed by atoms with Crippen molar-refractivity contribution < 1.29 is 19.1 Å². The maximum atomic E-state index is 12.6. The minimum Gasteiger partial charge on any atom is -0.471 e. The first-order chi connectivity index (χ1) is 18.8. The largest absolute Gasteiger partial charge is 0.471 e. The van der Waals surface area contributed by atoms with Crippen LogP contribution in [0.25, 0.3) is 11.1 Å². The number of ether oxygens (including phenoxy) is 1. The predicted octanol–water partition coefficient (Wildman–Crippen LogP) is 4.72. The van der Waals surface area contributed by atoms with Crippen molar-refractivity contribution >= 4 is 52.9 Å². The van der Waals surface area contributed by atoms with E-state index in [1.807, 2.05) is 42.5 Å². The summed E-state index contributed by atoms with van der Waals surface area (Å²) in [6.45, 7) is 2.48. The molecule has 0 radical (unpaired) electrons. The molecule has 0 saturated heterocycles. The molecule has 0 aromatic heterocycles. The van der Waals surface area contributed by atoms with Crippen molar-refractivity contribution in [1.82, 2.24) is 10.6 Å². The van der Waals surface area contributed by atoms with Gasteiger partial charge in [0.25, 0.3) is 12.4 Å². The third kappa shape index (κ3) is 8.63. The molecule has 4 rings (SSSR count). The number of carbonyl (C=O) groups excluding carboxylic acids is 3. The van der Waals surface area contributed by atoms with E-state index in [1.54, 1.807) is 12.1 Å². The lowest BCUT2D eigenvalue weighted by Gasteiger charge is -2.31. The number of methoxy groups -OCH3 is 1. The van der Waals surface area contributed by atoms with Crippen molar-refractivity contribution in [2.75, 3.05) is 43.9 Å². The Balaban J connectivity index is 0.000000983. The van der Waals surface area contributed by atoms with Crippen LogP contribution in [0.4, 0.5) is 11.4 Å². The molecule has 0 aliphatic carbocycles. The Bertz CT molecular complexity index is 1260. The van der Waals surface area contributed by atoms with E-state index >= 15 is 0 Å². The number of fused-ring (bicyclic) bond motifs is 1. The zero-order valence-corrected chi connectivity index (χ0v) is 23.2. The second-order valence-corrected chi connectivity index (χ2v) is 9.66. The molecule has 0 spiro atoms. The van der Waals surface area contributed by atoms with Crippen LogP contribution in [0, 0.1) is 0 Å². The molecule has 0 atom stereocenters. The molecule has 0 saturated carbocycles. The maximum Gasteiger partial charge on any atom is 0.292 e. The second-order valence-electron chi connectivity index (χ2n) is 8.85. The van der Waals surface area contributed by atoms with Crippen molar-refractivity contribution in [2.24, 2.45) is 0 Å². The van der Waals surface area contributed by atoms with E-state index in [2.05, 4.69) is 26.3 Å².